The van der Waals surface area contributed by atoms with Gasteiger partial charge in [0.15, 0.2) is 5.60 Å². The number of aliphatic hydroxyl groups is 1. The number of imidazole rings is 1. The second-order valence-corrected chi connectivity index (χ2v) is 8.79. The summed E-state index contributed by atoms with van der Waals surface area (Å²) in [7, 11) is 1.83. The highest BCUT2D eigenvalue weighted by molar-refractivity contribution is 6.30. The zero-order chi connectivity index (χ0) is 23.2. The number of aromatic nitrogens is 3. The van der Waals surface area contributed by atoms with E-state index >= 15 is 0 Å². The lowest BCUT2D eigenvalue weighted by Gasteiger charge is -2.30. The van der Waals surface area contributed by atoms with Crippen LogP contribution in [0.5, 0.6) is 0 Å². The van der Waals surface area contributed by atoms with Crippen LogP contribution in [0.1, 0.15) is 16.8 Å². The quantitative estimate of drug-likeness (QED) is 0.359. The Morgan fingerprint density at radius 1 is 0.909 bits per heavy atom. The summed E-state index contributed by atoms with van der Waals surface area (Å²) < 4.78 is 1.78. The van der Waals surface area contributed by atoms with Crippen LogP contribution in [0.25, 0.3) is 22.0 Å². The van der Waals surface area contributed by atoms with Gasteiger partial charge >= 0.3 is 0 Å². The first-order valence-electron chi connectivity index (χ1n) is 10.2. The summed E-state index contributed by atoms with van der Waals surface area (Å²) in [6.07, 6.45) is 3.29. The zero-order valence-corrected chi connectivity index (χ0v) is 19.1. The monoisotopic (exact) mass is 475 g/mol. The number of benzene rings is 3. The third kappa shape index (κ3) is 3.74. The number of aryl methyl sites for hydroxylation is 1. The Bertz CT molecular complexity index is 1520. The molecule has 0 saturated heterocycles. The van der Waals surface area contributed by atoms with Gasteiger partial charge in [0.1, 0.15) is 0 Å². The third-order valence-electron chi connectivity index (χ3n) is 5.87. The number of H-pyrrole nitrogens is 1. The molecule has 0 radical (unpaired) electrons. The van der Waals surface area contributed by atoms with Crippen LogP contribution in [0.3, 0.4) is 0 Å². The second-order valence-electron chi connectivity index (χ2n) is 7.92. The molecule has 33 heavy (non-hydrogen) atoms. The topological polar surface area (TPSA) is 70.9 Å². The van der Waals surface area contributed by atoms with Gasteiger partial charge in [-0.25, -0.2) is 4.98 Å². The lowest BCUT2D eigenvalue weighted by Crippen LogP contribution is -2.31. The molecule has 164 valence electrons. The van der Waals surface area contributed by atoms with Crippen molar-refractivity contribution in [2.45, 2.75) is 5.60 Å². The van der Waals surface area contributed by atoms with Crippen LogP contribution >= 0.6 is 23.2 Å². The Morgan fingerprint density at radius 2 is 1.55 bits per heavy atom. The minimum atomic E-state index is -1.50. The number of rotatable bonds is 4. The molecule has 1 unspecified atom stereocenters. The van der Waals surface area contributed by atoms with E-state index in [1.54, 1.807) is 59.6 Å². The van der Waals surface area contributed by atoms with Crippen molar-refractivity contribution >= 4 is 34.1 Å². The average molecular weight is 476 g/mol. The first-order chi connectivity index (χ1) is 15.9. The molecule has 7 heteroatoms. The number of hydrogen-bond acceptors (Lipinski definition) is 3. The molecule has 1 atom stereocenters. The molecule has 5 rings (SSSR count). The van der Waals surface area contributed by atoms with E-state index in [2.05, 4.69) is 9.97 Å². The number of hydrogen-bond donors (Lipinski definition) is 2. The van der Waals surface area contributed by atoms with Gasteiger partial charge in [-0.05, 0) is 58.7 Å². The van der Waals surface area contributed by atoms with E-state index < -0.39 is 5.60 Å². The number of fused-ring (bicyclic) bond motifs is 1. The summed E-state index contributed by atoms with van der Waals surface area (Å²) in [6, 6.07) is 21.5. The van der Waals surface area contributed by atoms with E-state index in [1.807, 2.05) is 37.4 Å². The number of pyridine rings is 1. The van der Waals surface area contributed by atoms with Gasteiger partial charge in [0.2, 0.25) is 5.56 Å². The van der Waals surface area contributed by atoms with Crippen molar-refractivity contribution < 1.29 is 5.11 Å². The summed E-state index contributed by atoms with van der Waals surface area (Å²) in [5.41, 5.74) is 2.42. The Balaban J connectivity index is 1.80. The Morgan fingerprint density at radius 3 is 2.18 bits per heavy atom. The van der Waals surface area contributed by atoms with Crippen molar-refractivity contribution in [2.75, 3.05) is 0 Å². The predicted octanol–water partition coefficient (Wildman–Crippen LogP) is 5.52. The summed E-state index contributed by atoms with van der Waals surface area (Å²) >= 11 is 12.2. The third-order valence-corrected chi connectivity index (χ3v) is 6.37. The van der Waals surface area contributed by atoms with E-state index in [1.165, 1.54) is 0 Å². The molecular weight excluding hydrogens is 457 g/mol. The van der Waals surface area contributed by atoms with Crippen molar-refractivity contribution in [3.63, 3.8) is 0 Å². The second kappa shape index (κ2) is 8.19. The average Bonchev–Trinajstić information content (AvgIpc) is 3.25. The van der Waals surface area contributed by atoms with Crippen LogP contribution < -0.4 is 5.56 Å². The Hall–Kier alpha value is -3.38. The fraction of sp³-hybridized carbons (Fsp3) is 0.0769. The summed E-state index contributed by atoms with van der Waals surface area (Å²) in [6.45, 7) is 0. The lowest BCUT2D eigenvalue weighted by atomic mass is 9.82. The van der Waals surface area contributed by atoms with Crippen molar-refractivity contribution in [3.8, 4) is 11.1 Å². The minimum Gasteiger partial charge on any atom is -0.374 e. The van der Waals surface area contributed by atoms with Crippen LogP contribution in [0.4, 0.5) is 0 Å². The highest BCUT2D eigenvalue weighted by Gasteiger charge is 2.36. The number of nitrogens with zero attached hydrogens (tertiary/aromatic N) is 2. The molecule has 0 aliphatic heterocycles. The Labute approximate surface area is 199 Å². The lowest BCUT2D eigenvalue weighted by molar-refractivity contribution is 0.117. The molecular formula is C26H19Cl2N3O2. The SMILES string of the molecule is Cn1cncc1C(O)(c1ccc(Cl)cc1)c1ccc2[nH]c(=O)cc(-c3ccc(Cl)cc3)c2c1. The van der Waals surface area contributed by atoms with Gasteiger partial charge < -0.3 is 14.7 Å². The molecule has 0 fully saturated rings. The van der Waals surface area contributed by atoms with E-state index in [-0.39, 0.29) is 5.56 Å². The van der Waals surface area contributed by atoms with Crippen LogP contribution in [-0.2, 0) is 12.6 Å². The van der Waals surface area contributed by atoms with Crippen LogP contribution in [0.2, 0.25) is 10.0 Å². The highest BCUT2D eigenvalue weighted by Crippen LogP contribution is 2.39. The maximum Gasteiger partial charge on any atom is 0.249 e. The fourth-order valence-electron chi connectivity index (χ4n) is 4.21. The van der Waals surface area contributed by atoms with Gasteiger partial charge in [-0.1, -0.05) is 53.5 Å². The van der Waals surface area contributed by atoms with Crippen molar-refractivity contribution in [1.29, 1.82) is 0 Å². The molecule has 3 aromatic carbocycles. The van der Waals surface area contributed by atoms with Gasteiger partial charge in [-0.15, -0.1) is 0 Å². The first-order valence-corrected chi connectivity index (χ1v) is 11.0. The van der Waals surface area contributed by atoms with Crippen LogP contribution in [0, 0.1) is 0 Å². The summed E-state index contributed by atoms with van der Waals surface area (Å²) in [5.74, 6) is 0. The van der Waals surface area contributed by atoms with Crippen molar-refractivity contribution in [3.05, 3.63) is 123 Å². The molecule has 5 aromatic rings. The molecule has 0 bridgehead atoms. The molecule has 2 aromatic heterocycles. The van der Waals surface area contributed by atoms with E-state index in [0.717, 1.165) is 16.5 Å². The maximum atomic E-state index is 12.4. The van der Waals surface area contributed by atoms with Gasteiger partial charge in [0, 0.05) is 34.1 Å². The number of halogens is 2. The van der Waals surface area contributed by atoms with E-state index in [0.29, 0.717) is 32.4 Å². The van der Waals surface area contributed by atoms with E-state index in [9.17, 15) is 9.90 Å². The normalized spacial score (nSPS) is 13.2. The van der Waals surface area contributed by atoms with Crippen molar-refractivity contribution in [2.24, 2.45) is 7.05 Å². The van der Waals surface area contributed by atoms with Crippen LogP contribution in [-0.4, -0.2) is 19.6 Å². The minimum absolute atomic E-state index is 0.209. The molecule has 0 aliphatic carbocycles. The maximum absolute atomic E-state index is 12.4. The molecule has 2 N–H and O–H groups in total. The van der Waals surface area contributed by atoms with Gasteiger partial charge in [-0.3, -0.25) is 4.79 Å². The fourth-order valence-corrected chi connectivity index (χ4v) is 4.46. The van der Waals surface area contributed by atoms with Crippen LogP contribution in [0.15, 0.2) is 90.1 Å². The number of nitrogens with one attached hydrogen (secondary N) is 1. The van der Waals surface area contributed by atoms with Gasteiger partial charge in [-0.2, -0.15) is 0 Å². The molecule has 0 amide bonds. The molecule has 0 saturated carbocycles. The molecule has 5 nitrogen and oxygen atoms in total. The number of aromatic amines is 1. The standard InChI is InChI=1S/C26H19Cl2N3O2/c1-31-15-29-14-24(31)26(33,17-4-9-20(28)10-5-17)18-6-11-23-22(12-18)21(13-25(32)30-23)16-2-7-19(27)8-3-16/h2-15,33H,1H3,(H,30,32). The summed E-state index contributed by atoms with van der Waals surface area (Å²) in [5, 5.41) is 14.2. The van der Waals surface area contributed by atoms with Gasteiger partial charge in [0.05, 0.1) is 18.2 Å². The van der Waals surface area contributed by atoms with Crippen molar-refractivity contribution in [1.82, 2.24) is 14.5 Å². The smallest absolute Gasteiger partial charge is 0.249 e. The molecule has 0 spiro atoms. The molecule has 0 aliphatic rings. The Kier molecular flexibility index (Phi) is 5.33. The highest BCUT2D eigenvalue weighted by atomic mass is 35.5. The molecule has 2 heterocycles. The predicted molar refractivity (Wildman–Crippen MR) is 132 cm³/mol. The first kappa shape index (κ1) is 21.5. The van der Waals surface area contributed by atoms with Gasteiger partial charge in [0.25, 0.3) is 0 Å². The summed E-state index contributed by atoms with van der Waals surface area (Å²) in [4.78, 5) is 19.5. The zero-order valence-electron chi connectivity index (χ0n) is 17.6. The van der Waals surface area contributed by atoms with E-state index in [4.69, 9.17) is 23.2 Å². The largest absolute Gasteiger partial charge is 0.374 e.